The number of esters is 1. The van der Waals surface area contributed by atoms with Gasteiger partial charge in [-0.1, -0.05) is 71.0 Å². The SMILES string of the molecule is CO/N=C(/C(=O)OC)c1ccccc1C(=NN=Cc1cccc(C)c1)SCSC. The highest BCUT2D eigenvalue weighted by Crippen LogP contribution is 2.22. The van der Waals surface area contributed by atoms with Gasteiger partial charge in [-0.3, -0.25) is 0 Å². The number of hydrogen-bond acceptors (Lipinski definition) is 8. The van der Waals surface area contributed by atoms with Crippen LogP contribution in [0.5, 0.6) is 0 Å². The second-order valence-electron chi connectivity index (χ2n) is 5.77. The van der Waals surface area contributed by atoms with Crippen molar-refractivity contribution in [3.05, 3.63) is 70.8 Å². The van der Waals surface area contributed by atoms with Crippen LogP contribution in [-0.2, 0) is 14.4 Å². The Morgan fingerprint density at radius 2 is 1.86 bits per heavy atom. The number of oxime groups is 1. The minimum absolute atomic E-state index is 0.0747. The molecule has 2 rings (SSSR count). The second-order valence-corrected chi connectivity index (χ2v) is 7.97. The summed E-state index contributed by atoms with van der Waals surface area (Å²) in [5.74, 6) is -0.586. The largest absolute Gasteiger partial charge is 0.464 e. The molecule has 2 aromatic carbocycles. The fourth-order valence-electron chi connectivity index (χ4n) is 2.43. The molecule has 0 aromatic heterocycles. The molecule has 0 bridgehead atoms. The maximum Gasteiger partial charge on any atom is 0.360 e. The molecule has 0 amide bonds. The molecule has 0 saturated heterocycles. The van der Waals surface area contributed by atoms with Crippen molar-refractivity contribution in [2.45, 2.75) is 6.92 Å². The molecule has 0 aliphatic heterocycles. The number of benzene rings is 2. The third kappa shape index (κ3) is 6.76. The van der Waals surface area contributed by atoms with E-state index in [1.54, 1.807) is 24.0 Å². The van der Waals surface area contributed by atoms with E-state index in [9.17, 15) is 4.79 Å². The van der Waals surface area contributed by atoms with Crippen molar-refractivity contribution in [2.24, 2.45) is 15.4 Å². The topological polar surface area (TPSA) is 72.6 Å². The molecule has 2 aromatic rings. The van der Waals surface area contributed by atoms with Crippen molar-refractivity contribution in [1.82, 2.24) is 0 Å². The number of carbonyl (C=O) groups is 1. The minimum atomic E-state index is -0.586. The van der Waals surface area contributed by atoms with Crippen LogP contribution in [0, 0.1) is 6.92 Å². The number of aryl methyl sites for hydroxylation is 1. The molecule has 0 unspecified atom stereocenters. The van der Waals surface area contributed by atoms with Gasteiger partial charge in [-0.05, 0) is 18.7 Å². The van der Waals surface area contributed by atoms with Crippen molar-refractivity contribution in [1.29, 1.82) is 0 Å². The number of rotatable bonds is 8. The minimum Gasteiger partial charge on any atom is -0.464 e. The highest BCUT2D eigenvalue weighted by atomic mass is 32.2. The summed E-state index contributed by atoms with van der Waals surface area (Å²) in [5.41, 5.74) is 3.49. The van der Waals surface area contributed by atoms with Gasteiger partial charge < -0.3 is 9.57 Å². The predicted molar refractivity (Wildman–Crippen MR) is 123 cm³/mol. The molecular weight excluding hydrogens is 406 g/mol. The normalized spacial score (nSPS) is 12.3. The first-order chi connectivity index (χ1) is 14.1. The molecule has 8 heteroatoms. The predicted octanol–water partition coefficient (Wildman–Crippen LogP) is 4.35. The van der Waals surface area contributed by atoms with Crippen LogP contribution in [0.4, 0.5) is 0 Å². The zero-order valence-corrected chi connectivity index (χ0v) is 18.4. The molecule has 0 spiro atoms. The highest BCUT2D eigenvalue weighted by molar-refractivity contribution is 8.24. The van der Waals surface area contributed by atoms with Crippen molar-refractivity contribution in [3.8, 4) is 0 Å². The first-order valence-corrected chi connectivity index (χ1v) is 11.1. The smallest absolute Gasteiger partial charge is 0.360 e. The van der Waals surface area contributed by atoms with Crippen LogP contribution in [0.15, 0.2) is 63.9 Å². The van der Waals surface area contributed by atoms with Crippen LogP contribution in [0.1, 0.15) is 22.3 Å². The van der Waals surface area contributed by atoms with E-state index in [1.165, 1.54) is 26.0 Å². The number of hydrogen-bond donors (Lipinski definition) is 0. The summed E-state index contributed by atoms with van der Waals surface area (Å²) in [4.78, 5) is 17.1. The Hall–Kier alpha value is -2.58. The lowest BCUT2D eigenvalue weighted by Gasteiger charge is -2.11. The summed E-state index contributed by atoms with van der Waals surface area (Å²) >= 11 is 3.21. The number of carbonyl (C=O) groups excluding carboxylic acids is 1. The molecule has 6 nitrogen and oxygen atoms in total. The van der Waals surface area contributed by atoms with Gasteiger partial charge in [-0.15, -0.1) is 5.10 Å². The van der Waals surface area contributed by atoms with E-state index < -0.39 is 5.97 Å². The van der Waals surface area contributed by atoms with Crippen LogP contribution in [-0.4, -0.2) is 48.5 Å². The van der Waals surface area contributed by atoms with Crippen molar-refractivity contribution in [2.75, 3.05) is 25.6 Å². The van der Waals surface area contributed by atoms with Crippen LogP contribution in [0.3, 0.4) is 0 Å². The molecule has 0 N–H and O–H groups in total. The summed E-state index contributed by atoms with van der Waals surface area (Å²) in [7, 11) is 2.69. The Kier molecular flexibility index (Phi) is 9.46. The Balaban J connectivity index is 2.47. The van der Waals surface area contributed by atoms with E-state index in [-0.39, 0.29) is 5.71 Å². The van der Waals surface area contributed by atoms with Gasteiger partial charge in [-0.2, -0.15) is 16.9 Å². The molecule has 0 radical (unpaired) electrons. The van der Waals surface area contributed by atoms with E-state index in [1.807, 2.05) is 55.6 Å². The Bertz CT molecular complexity index is 927. The van der Waals surface area contributed by atoms with Crippen LogP contribution in [0.2, 0.25) is 0 Å². The lowest BCUT2D eigenvalue weighted by atomic mass is 10.0. The molecule has 0 saturated carbocycles. The summed E-state index contributed by atoms with van der Waals surface area (Å²) in [6.45, 7) is 2.03. The van der Waals surface area contributed by atoms with Crippen molar-refractivity contribution < 1.29 is 14.4 Å². The van der Waals surface area contributed by atoms with Crippen molar-refractivity contribution >= 4 is 46.5 Å². The van der Waals surface area contributed by atoms with E-state index in [0.29, 0.717) is 10.6 Å². The first-order valence-electron chi connectivity index (χ1n) is 8.69. The lowest BCUT2D eigenvalue weighted by Crippen LogP contribution is -2.20. The zero-order valence-electron chi connectivity index (χ0n) is 16.8. The quantitative estimate of drug-likeness (QED) is 0.205. The number of methoxy groups -OCH3 is 1. The lowest BCUT2D eigenvalue weighted by molar-refractivity contribution is -0.132. The molecule has 29 heavy (non-hydrogen) atoms. The van der Waals surface area contributed by atoms with Gasteiger partial charge in [0.2, 0.25) is 0 Å². The maximum absolute atomic E-state index is 12.2. The average Bonchev–Trinajstić information content (AvgIpc) is 2.74. The van der Waals surface area contributed by atoms with E-state index in [4.69, 9.17) is 9.57 Å². The highest BCUT2D eigenvalue weighted by Gasteiger charge is 2.21. The average molecular weight is 430 g/mol. The van der Waals surface area contributed by atoms with Gasteiger partial charge in [0.25, 0.3) is 0 Å². The Morgan fingerprint density at radius 1 is 1.10 bits per heavy atom. The van der Waals surface area contributed by atoms with Crippen LogP contribution in [0.25, 0.3) is 0 Å². The molecule has 152 valence electrons. The molecule has 0 atom stereocenters. The van der Waals surface area contributed by atoms with Gasteiger partial charge in [0, 0.05) is 16.2 Å². The molecular formula is C21H23N3O3S2. The number of thioether (sulfide) groups is 2. The third-order valence-corrected chi connectivity index (χ3v) is 5.67. The summed E-state index contributed by atoms with van der Waals surface area (Å²) in [5, 5.41) is 14.0. The summed E-state index contributed by atoms with van der Waals surface area (Å²) in [6, 6.07) is 15.3. The van der Waals surface area contributed by atoms with Gasteiger partial charge in [0.1, 0.15) is 12.2 Å². The van der Waals surface area contributed by atoms with Gasteiger partial charge in [-0.25, -0.2) is 4.79 Å². The van der Waals surface area contributed by atoms with E-state index in [2.05, 4.69) is 15.4 Å². The number of nitrogens with zero attached hydrogens (tertiary/aromatic N) is 3. The summed E-state index contributed by atoms with van der Waals surface area (Å²) < 4.78 is 4.86. The van der Waals surface area contributed by atoms with Gasteiger partial charge in [0.05, 0.1) is 13.3 Å². The van der Waals surface area contributed by atoms with Gasteiger partial charge >= 0.3 is 5.97 Å². The Morgan fingerprint density at radius 3 is 2.52 bits per heavy atom. The molecule has 0 aliphatic rings. The maximum atomic E-state index is 12.2. The standard InChI is InChI=1S/C21H23N3O3S2/c1-15-8-7-9-16(12-15)13-22-23-20(29-14-28-4)18-11-6-5-10-17(18)19(24-27-3)21(25)26-2/h5-13H,14H2,1-4H3/b22-13?,23-20?,24-19+. The zero-order chi connectivity index (χ0) is 21.1. The monoisotopic (exact) mass is 429 g/mol. The van der Waals surface area contributed by atoms with Crippen molar-refractivity contribution in [3.63, 3.8) is 0 Å². The molecule has 0 aliphatic carbocycles. The van der Waals surface area contributed by atoms with E-state index in [0.717, 1.165) is 21.8 Å². The Labute approximate surface area is 179 Å². The second kappa shape index (κ2) is 12.1. The summed E-state index contributed by atoms with van der Waals surface area (Å²) in [6.07, 6.45) is 3.72. The number of ether oxygens (including phenoxy) is 1. The molecule has 0 fully saturated rings. The molecule has 0 heterocycles. The van der Waals surface area contributed by atoms with Crippen LogP contribution >= 0.6 is 23.5 Å². The first kappa shape index (κ1) is 22.7. The fourth-order valence-corrected chi connectivity index (χ4v) is 3.79. The van der Waals surface area contributed by atoms with Gasteiger partial charge in [0.15, 0.2) is 5.71 Å². The van der Waals surface area contributed by atoms with Crippen LogP contribution < -0.4 is 0 Å². The fraction of sp³-hybridized carbons (Fsp3) is 0.238. The van der Waals surface area contributed by atoms with E-state index >= 15 is 0 Å². The third-order valence-electron chi connectivity index (χ3n) is 3.68.